The topological polar surface area (TPSA) is 15.3 Å². The van der Waals surface area contributed by atoms with E-state index in [1.807, 2.05) is 11.3 Å². The predicted octanol–water partition coefficient (Wildman–Crippen LogP) is 3.45. The molecule has 1 aromatic rings. The van der Waals surface area contributed by atoms with Crippen LogP contribution in [0.5, 0.6) is 0 Å². The number of nitrogens with zero attached hydrogens (tertiary/aromatic N) is 1. The average molecular weight is 266 g/mol. The molecule has 0 spiro atoms. The first-order valence-corrected chi connectivity index (χ1v) is 8.08. The maximum atomic E-state index is 3.68. The Bertz CT molecular complexity index is 355. The van der Waals surface area contributed by atoms with Crippen molar-refractivity contribution in [1.82, 2.24) is 10.2 Å². The molecule has 1 aliphatic rings. The number of rotatable bonds is 6. The molecule has 1 saturated heterocycles. The van der Waals surface area contributed by atoms with Crippen molar-refractivity contribution in [2.45, 2.75) is 52.1 Å². The standard InChI is InChI=1S/C15H26N2S/c1-4-14-7-8-15(18-14)13(3)16-11-12(2)17-9-5-6-10-17/h7-8,12-13,16H,4-6,9-11H2,1-3H3. The molecule has 2 unspecified atom stereocenters. The van der Waals surface area contributed by atoms with Crippen LogP contribution < -0.4 is 5.32 Å². The molecule has 102 valence electrons. The van der Waals surface area contributed by atoms with Gasteiger partial charge in [-0.25, -0.2) is 0 Å². The Hall–Kier alpha value is -0.380. The van der Waals surface area contributed by atoms with Gasteiger partial charge in [-0.3, -0.25) is 4.90 Å². The summed E-state index contributed by atoms with van der Waals surface area (Å²) >= 11 is 1.95. The monoisotopic (exact) mass is 266 g/mol. The van der Waals surface area contributed by atoms with Crippen molar-refractivity contribution in [2.24, 2.45) is 0 Å². The van der Waals surface area contributed by atoms with E-state index in [0.29, 0.717) is 12.1 Å². The molecule has 1 fully saturated rings. The number of aryl methyl sites for hydroxylation is 1. The van der Waals surface area contributed by atoms with E-state index in [-0.39, 0.29) is 0 Å². The Kier molecular flexibility index (Phi) is 5.22. The van der Waals surface area contributed by atoms with Gasteiger partial charge >= 0.3 is 0 Å². The molecule has 0 amide bonds. The molecule has 2 atom stereocenters. The Morgan fingerprint density at radius 1 is 1.28 bits per heavy atom. The van der Waals surface area contributed by atoms with Gasteiger partial charge in [-0.05, 0) is 58.3 Å². The van der Waals surface area contributed by atoms with Gasteiger partial charge in [0.25, 0.3) is 0 Å². The molecule has 0 radical (unpaired) electrons. The van der Waals surface area contributed by atoms with Crippen LogP contribution in [0.15, 0.2) is 12.1 Å². The molecule has 2 rings (SSSR count). The second kappa shape index (κ2) is 6.69. The summed E-state index contributed by atoms with van der Waals surface area (Å²) in [4.78, 5) is 5.57. The summed E-state index contributed by atoms with van der Waals surface area (Å²) in [5.74, 6) is 0. The quantitative estimate of drug-likeness (QED) is 0.848. The van der Waals surface area contributed by atoms with Crippen molar-refractivity contribution in [2.75, 3.05) is 19.6 Å². The minimum Gasteiger partial charge on any atom is -0.308 e. The van der Waals surface area contributed by atoms with Crippen LogP contribution in [0, 0.1) is 0 Å². The number of hydrogen-bond acceptors (Lipinski definition) is 3. The van der Waals surface area contributed by atoms with E-state index in [4.69, 9.17) is 0 Å². The molecule has 18 heavy (non-hydrogen) atoms. The summed E-state index contributed by atoms with van der Waals surface area (Å²) in [7, 11) is 0. The van der Waals surface area contributed by atoms with Gasteiger partial charge in [-0.15, -0.1) is 11.3 Å². The van der Waals surface area contributed by atoms with Crippen LogP contribution in [-0.2, 0) is 6.42 Å². The molecule has 0 aromatic carbocycles. The van der Waals surface area contributed by atoms with E-state index in [0.717, 1.165) is 13.0 Å². The van der Waals surface area contributed by atoms with Crippen LogP contribution in [0.3, 0.4) is 0 Å². The SMILES string of the molecule is CCc1ccc(C(C)NCC(C)N2CCCC2)s1. The largest absolute Gasteiger partial charge is 0.308 e. The first-order chi connectivity index (χ1) is 8.70. The van der Waals surface area contributed by atoms with E-state index >= 15 is 0 Å². The zero-order chi connectivity index (χ0) is 13.0. The molecule has 0 aliphatic carbocycles. The Morgan fingerprint density at radius 3 is 2.61 bits per heavy atom. The van der Waals surface area contributed by atoms with Crippen LogP contribution in [-0.4, -0.2) is 30.6 Å². The van der Waals surface area contributed by atoms with Crippen LogP contribution >= 0.6 is 11.3 Å². The number of thiophene rings is 1. The van der Waals surface area contributed by atoms with Crippen molar-refractivity contribution in [3.63, 3.8) is 0 Å². The van der Waals surface area contributed by atoms with E-state index < -0.39 is 0 Å². The first kappa shape index (κ1) is 14.0. The van der Waals surface area contributed by atoms with Crippen molar-refractivity contribution >= 4 is 11.3 Å². The smallest absolute Gasteiger partial charge is 0.0386 e. The highest BCUT2D eigenvalue weighted by atomic mass is 32.1. The lowest BCUT2D eigenvalue weighted by atomic mass is 10.2. The van der Waals surface area contributed by atoms with Crippen molar-refractivity contribution in [3.05, 3.63) is 21.9 Å². The maximum absolute atomic E-state index is 3.68. The summed E-state index contributed by atoms with van der Waals surface area (Å²) in [6.45, 7) is 10.5. The number of hydrogen-bond donors (Lipinski definition) is 1. The summed E-state index contributed by atoms with van der Waals surface area (Å²) in [5.41, 5.74) is 0. The molecule has 3 heteroatoms. The summed E-state index contributed by atoms with van der Waals surface area (Å²) in [6, 6.07) is 5.70. The van der Waals surface area contributed by atoms with Gasteiger partial charge < -0.3 is 5.32 Å². The molecule has 1 aromatic heterocycles. The zero-order valence-corrected chi connectivity index (χ0v) is 12.7. The lowest BCUT2D eigenvalue weighted by molar-refractivity contribution is 0.247. The second-order valence-corrected chi connectivity index (χ2v) is 6.58. The van der Waals surface area contributed by atoms with Crippen LogP contribution in [0.25, 0.3) is 0 Å². The lowest BCUT2D eigenvalue weighted by Crippen LogP contribution is -2.39. The minimum absolute atomic E-state index is 0.486. The lowest BCUT2D eigenvalue weighted by Gasteiger charge is -2.25. The fourth-order valence-corrected chi connectivity index (χ4v) is 3.56. The third kappa shape index (κ3) is 3.56. The Morgan fingerprint density at radius 2 is 2.00 bits per heavy atom. The second-order valence-electron chi connectivity index (χ2n) is 5.38. The van der Waals surface area contributed by atoms with E-state index in [1.54, 1.807) is 0 Å². The van der Waals surface area contributed by atoms with E-state index in [1.165, 1.54) is 35.7 Å². The normalized spacial score (nSPS) is 20.2. The highest BCUT2D eigenvalue weighted by Gasteiger charge is 2.18. The Balaban J connectivity index is 1.78. The summed E-state index contributed by atoms with van der Waals surface area (Å²) in [6.07, 6.45) is 3.91. The van der Waals surface area contributed by atoms with E-state index in [9.17, 15) is 0 Å². The average Bonchev–Trinajstić information content (AvgIpc) is 3.05. The summed E-state index contributed by atoms with van der Waals surface area (Å²) < 4.78 is 0. The van der Waals surface area contributed by atoms with Gasteiger partial charge in [-0.2, -0.15) is 0 Å². The molecular weight excluding hydrogens is 240 g/mol. The molecular formula is C15H26N2S. The van der Waals surface area contributed by atoms with Gasteiger partial charge in [-0.1, -0.05) is 6.92 Å². The maximum Gasteiger partial charge on any atom is 0.0386 e. The highest BCUT2D eigenvalue weighted by Crippen LogP contribution is 2.23. The fraction of sp³-hybridized carbons (Fsp3) is 0.733. The van der Waals surface area contributed by atoms with E-state index in [2.05, 4.69) is 43.1 Å². The van der Waals surface area contributed by atoms with Crippen molar-refractivity contribution in [1.29, 1.82) is 0 Å². The Labute approximate surface area is 115 Å². The van der Waals surface area contributed by atoms with Gasteiger partial charge in [0.15, 0.2) is 0 Å². The van der Waals surface area contributed by atoms with Crippen LogP contribution in [0.4, 0.5) is 0 Å². The highest BCUT2D eigenvalue weighted by molar-refractivity contribution is 7.12. The third-order valence-electron chi connectivity index (χ3n) is 3.94. The van der Waals surface area contributed by atoms with Crippen LogP contribution in [0.2, 0.25) is 0 Å². The zero-order valence-electron chi connectivity index (χ0n) is 11.9. The molecule has 2 heterocycles. The molecule has 0 bridgehead atoms. The van der Waals surface area contributed by atoms with Crippen LogP contribution in [0.1, 0.15) is 49.4 Å². The van der Waals surface area contributed by atoms with Crippen molar-refractivity contribution in [3.8, 4) is 0 Å². The minimum atomic E-state index is 0.486. The number of nitrogens with one attached hydrogen (secondary N) is 1. The number of likely N-dealkylation sites (tertiary alicyclic amines) is 1. The van der Waals surface area contributed by atoms with Gasteiger partial charge in [0, 0.05) is 28.4 Å². The fourth-order valence-electron chi connectivity index (χ4n) is 2.58. The molecule has 1 N–H and O–H groups in total. The van der Waals surface area contributed by atoms with Gasteiger partial charge in [0.1, 0.15) is 0 Å². The molecule has 0 saturated carbocycles. The third-order valence-corrected chi connectivity index (χ3v) is 5.35. The van der Waals surface area contributed by atoms with Gasteiger partial charge in [0.2, 0.25) is 0 Å². The van der Waals surface area contributed by atoms with Crippen molar-refractivity contribution < 1.29 is 0 Å². The molecule has 2 nitrogen and oxygen atoms in total. The first-order valence-electron chi connectivity index (χ1n) is 7.26. The molecule has 1 aliphatic heterocycles. The van der Waals surface area contributed by atoms with Gasteiger partial charge in [0.05, 0.1) is 0 Å². The summed E-state index contributed by atoms with van der Waals surface area (Å²) in [5, 5.41) is 3.68. The predicted molar refractivity (Wildman–Crippen MR) is 80.4 cm³/mol.